The molecule has 0 aromatic carbocycles. The summed E-state index contributed by atoms with van der Waals surface area (Å²) in [6, 6.07) is 0. The first-order valence-electron chi connectivity index (χ1n) is 6.77. The van der Waals surface area contributed by atoms with Gasteiger partial charge in [0.05, 0.1) is 0 Å². The first-order chi connectivity index (χ1) is 8.45. The van der Waals surface area contributed by atoms with E-state index in [1.807, 2.05) is 29.5 Å². The molecule has 2 fully saturated rings. The maximum atomic E-state index is 2.13. The minimum absolute atomic E-state index is 0.946. The lowest BCUT2D eigenvalue weighted by Crippen LogP contribution is -2.06. The molecule has 2 saturated carbocycles. The van der Waals surface area contributed by atoms with E-state index < -0.39 is 0 Å². The molecule has 0 N–H and O–H groups in total. The van der Waals surface area contributed by atoms with E-state index in [9.17, 15) is 0 Å². The maximum absolute atomic E-state index is 2.13. The molecular formula is C12H22S5. The summed E-state index contributed by atoms with van der Waals surface area (Å²) in [6.45, 7) is 0. The summed E-state index contributed by atoms with van der Waals surface area (Å²) in [7, 11) is 10.3. The van der Waals surface area contributed by atoms with Crippen molar-refractivity contribution in [1.82, 2.24) is 0 Å². The van der Waals surface area contributed by atoms with Gasteiger partial charge in [0.25, 0.3) is 0 Å². The zero-order valence-corrected chi connectivity index (χ0v) is 14.3. The van der Waals surface area contributed by atoms with Gasteiger partial charge < -0.3 is 0 Å². The van der Waals surface area contributed by atoms with Crippen molar-refractivity contribution in [2.75, 3.05) is 0 Å². The molecule has 0 aromatic rings. The predicted molar refractivity (Wildman–Crippen MR) is 91.7 cm³/mol. The summed E-state index contributed by atoms with van der Waals surface area (Å²) >= 11 is 0. The Kier molecular flexibility index (Phi) is 8.57. The van der Waals surface area contributed by atoms with Crippen LogP contribution in [-0.2, 0) is 0 Å². The van der Waals surface area contributed by atoms with E-state index in [1.165, 1.54) is 64.2 Å². The van der Waals surface area contributed by atoms with Crippen molar-refractivity contribution in [2.45, 2.75) is 74.7 Å². The molecule has 100 valence electrons. The third-order valence-corrected chi connectivity index (χ3v) is 13.1. The quantitative estimate of drug-likeness (QED) is 0.380. The molecule has 0 spiro atoms. The van der Waals surface area contributed by atoms with Crippen molar-refractivity contribution < 1.29 is 0 Å². The van der Waals surface area contributed by atoms with Crippen LogP contribution in [0.4, 0.5) is 0 Å². The second-order valence-electron chi connectivity index (χ2n) is 4.92. The van der Waals surface area contributed by atoms with Gasteiger partial charge in [-0.3, -0.25) is 0 Å². The van der Waals surface area contributed by atoms with E-state index >= 15 is 0 Å². The average molecular weight is 327 g/mol. The molecule has 0 heterocycles. The van der Waals surface area contributed by atoms with Gasteiger partial charge >= 0.3 is 0 Å². The molecule has 0 aliphatic heterocycles. The highest BCUT2D eigenvalue weighted by Crippen LogP contribution is 2.53. The molecule has 0 unspecified atom stereocenters. The Morgan fingerprint density at radius 3 is 1.29 bits per heavy atom. The number of hydrogen-bond acceptors (Lipinski definition) is 5. The van der Waals surface area contributed by atoms with Crippen molar-refractivity contribution >= 4 is 51.1 Å². The molecule has 2 aliphatic carbocycles. The molecular weight excluding hydrogens is 304 g/mol. The van der Waals surface area contributed by atoms with Crippen LogP contribution < -0.4 is 0 Å². The molecule has 0 bridgehead atoms. The second kappa shape index (κ2) is 9.62. The fraction of sp³-hybridized carbons (Fsp3) is 1.00. The van der Waals surface area contributed by atoms with Gasteiger partial charge in [-0.25, -0.2) is 0 Å². The van der Waals surface area contributed by atoms with Crippen LogP contribution in [0.2, 0.25) is 0 Å². The number of hydrogen-bond donors (Lipinski definition) is 0. The van der Waals surface area contributed by atoms with Crippen LogP contribution in [0.5, 0.6) is 0 Å². The van der Waals surface area contributed by atoms with Gasteiger partial charge in [0, 0.05) is 10.5 Å². The van der Waals surface area contributed by atoms with Gasteiger partial charge in [0.1, 0.15) is 0 Å². The maximum Gasteiger partial charge on any atom is 0.0160 e. The van der Waals surface area contributed by atoms with Crippen LogP contribution in [0.3, 0.4) is 0 Å². The topological polar surface area (TPSA) is 0 Å². The zero-order chi connectivity index (χ0) is 11.8. The first kappa shape index (κ1) is 15.1. The van der Waals surface area contributed by atoms with Crippen LogP contribution in [0, 0.1) is 0 Å². The highest BCUT2D eigenvalue weighted by molar-refractivity contribution is 9.35. The molecule has 0 amide bonds. The molecule has 2 rings (SSSR count). The summed E-state index contributed by atoms with van der Waals surface area (Å²) in [6.07, 6.45) is 14.6. The zero-order valence-electron chi connectivity index (χ0n) is 10.3. The summed E-state index contributed by atoms with van der Waals surface area (Å²) in [5, 5.41) is 1.89. The van der Waals surface area contributed by atoms with E-state index in [4.69, 9.17) is 0 Å². The lowest BCUT2D eigenvalue weighted by molar-refractivity contribution is 0.517. The standard InChI is InChI=1S/C12H22S5/c1-3-7-11(8-4-1)13-15-17-16-14-12-9-5-2-6-10-12/h11-12H,1-10H2. The fourth-order valence-electron chi connectivity index (χ4n) is 2.48. The Morgan fingerprint density at radius 1 is 0.471 bits per heavy atom. The van der Waals surface area contributed by atoms with Crippen LogP contribution in [0.25, 0.3) is 0 Å². The molecule has 0 aromatic heterocycles. The molecule has 5 heteroatoms. The Hall–Kier alpha value is 1.75. The molecule has 0 atom stereocenters. The van der Waals surface area contributed by atoms with E-state index in [1.54, 1.807) is 0 Å². The third-order valence-electron chi connectivity index (χ3n) is 3.51. The van der Waals surface area contributed by atoms with Gasteiger partial charge in [-0.05, 0) is 55.2 Å². The minimum Gasteiger partial charge on any atom is -0.0783 e. The van der Waals surface area contributed by atoms with E-state index in [2.05, 4.69) is 21.6 Å². The summed E-state index contributed by atoms with van der Waals surface area (Å²) in [5.41, 5.74) is 0. The summed E-state index contributed by atoms with van der Waals surface area (Å²) in [4.78, 5) is 0. The van der Waals surface area contributed by atoms with Crippen molar-refractivity contribution in [2.24, 2.45) is 0 Å². The number of rotatable bonds is 6. The Labute approximate surface area is 125 Å². The van der Waals surface area contributed by atoms with E-state index in [-0.39, 0.29) is 0 Å². The largest absolute Gasteiger partial charge is 0.0783 e. The van der Waals surface area contributed by atoms with Gasteiger partial charge in [0.2, 0.25) is 0 Å². The average Bonchev–Trinajstić information content (AvgIpc) is 2.41. The molecule has 0 radical (unpaired) electrons. The van der Waals surface area contributed by atoms with Gasteiger partial charge in [-0.15, -0.1) is 0 Å². The smallest absolute Gasteiger partial charge is 0.0160 e. The first-order valence-corrected chi connectivity index (χ1v) is 13.0. The van der Waals surface area contributed by atoms with Gasteiger partial charge in [0.15, 0.2) is 0 Å². The van der Waals surface area contributed by atoms with Crippen LogP contribution in [-0.4, -0.2) is 10.5 Å². The summed E-state index contributed by atoms with van der Waals surface area (Å²) < 4.78 is 0. The summed E-state index contributed by atoms with van der Waals surface area (Å²) in [5.74, 6) is 0. The molecule has 0 saturated heterocycles. The monoisotopic (exact) mass is 326 g/mol. The van der Waals surface area contributed by atoms with Crippen molar-refractivity contribution in [1.29, 1.82) is 0 Å². The predicted octanol–water partition coefficient (Wildman–Crippen LogP) is 6.98. The van der Waals surface area contributed by atoms with Gasteiger partial charge in [-0.2, -0.15) is 0 Å². The highest BCUT2D eigenvalue weighted by Gasteiger charge is 2.16. The Balaban J connectivity index is 1.42. The lowest BCUT2D eigenvalue weighted by atomic mass is 10.0. The van der Waals surface area contributed by atoms with Crippen LogP contribution in [0.1, 0.15) is 64.2 Å². The molecule has 0 nitrogen and oxygen atoms in total. The SMILES string of the molecule is C1CCC(SSSSSC2CCCCC2)CC1. The van der Waals surface area contributed by atoms with Crippen LogP contribution in [0.15, 0.2) is 0 Å². The normalized spacial score (nSPS) is 24.0. The van der Waals surface area contributed by atoms with Crippen molar-refractivity contribution in [3.8, 4) is 0 Å². The second-order valence-corrected chi connectivity index (χ2v) is 13.1. The lowest BCUT2D eigenvalue weighted by Gasteiger charge is -2.21. The molecule has 17 heavy (non-hydrogen) atoms. The Morgan fingerprint density at radius 2 is 0.882 bits per heavy atom. The third kappa shape index (κ3) is 6.64. The minimum atomic E-state index is 0.946. The van der Waals surface area contributed by atoms with Crippen molar-refractivity contribution in [3.05, 3.63) is 0 Å². The van der Waals surface area contributed by atoms with E-state index in [0.29, 0.717) is 0 Å². The fourth-order valence-corrected chi connectivity index (χ4v) is 12.9. The van der Waals surface area contributed by atoms with Crippen molar-refractivity contribution in [3.63, 3.8) is 0 Å². The highest BCUT2D eigenvalue weighted by atomic mass is 33.8. The molecule has 2 aliphatic rings. The van der Waals surface area contributed by atoms with E-state index in [0.717, 1.165) is 10.5 Å². The van der Waals surface area contributed by atoms with Gasteiger partial charge in [-0.1, -0.05) is 60.1 Å². The Bertz CT molecular complexity index is 167. The van der Waals surface area contributed by atoms with Crippen LogP contribution >= 0.6 is 51.1 Å².